The van der Waals surface area contributed by atoms with Gasteiger partial charge in [-0.2, -0.15) is 0 Å². The van der Waals surface area contributed by atoms with Gasteiger partial charge in [0.15, 0.2) is 16.6 Å². The lowest BCUT2D eigenvalue weighted by Crippen LogP contribution is -2.01. The van der Waals surface area contributed by atoms with Crippen LogP contribution in [-0.4, -0.2) is 21.2 Å². The van der Waals surface area contributed by atoms with Gasteiger partial charge in [-0.25, -0.2) is 9.78 Å². The largest absolute Gasteiger partial charge is 0.505 e. The van der Waals surface area contributed by atoms with Crippen LogP contribution >= 0.6 is 23.2 Å². The third-order valence-electron chi connectivity index (χ3n) is 1.11. The molecule has 0 atom stereocenters. The lowest BCUT2D eigenvalue weighted by atomic mass is 10.3. The number of hydrogen-bond donors (Lipinski definition) is 2. The first-order valence-corrected chi connectivity index (χ1v) is 3.56. The molecular weight excluding hydrogens is 205 g/mol. The van der Waals surface area contributed by atoms with E-state index in [1.54, 1.807) is 0 Å². The smallest absolute Gasteiger partial charge is 0.356 e. The monoisotopic (exact) mass is 207 g/mol. The normalized spacial score (nSPS) is 9.83. The molecule has 0 aliphatic carbocycles. The number of carbonyl (C=O) groups is 1. The Morgan fingerprint density at radius 2 is 2.08 bits per heavy atom. The second kappa shape index (κ2) is 3.16. The van der Waals surface area contributed by atoms with Crippen LogP contribution in [0.15, 0.2) is 6.07 Å². The van der Waals surface area contributed by atoms with E-state index in [0.29, 0.717) is 0 Å². The lowest BCUT2D eigenvalue weighted by Gasteiger charge is -1.99. The quantitative estimate of drug-likeness (QED) is 0.690. The predicted octanol–water partition coefficient (Wildman–Crippen LogP) is 1.79. The number of pyridine rings is 1. The number of aromatic hydroxyl groups is 1. The average molecular weight is 208 g/mol. The molecule has 6 heteroatoms. The summed E-state index contributed by atoms with van der Waals surface area (Å²) in [5.41, 5.74) is -0.375. The van der Waals surface area contributed by atoms with Gasteiger partial charge >= 0.3 is 5.97 Å². The number of carboxylic acid groups (broad SMARTS) is 1. The van der Waals surface area contributed by atoms with E-state index in [9.17, 15) is 4.79 Å². The fourth-order valence-electron chi connectivity index (χ4n) is 0.607. The van der Waals surface area contributed by atoms with Crippen LogP contribution in [0.2, 0.25) is 10.2 Å². The SMILES string of the molecule is O=C(O)c1nc(Cl)c(O)cc1Cl. The molecule has 4 nitrogen and oxygen atoms in total. The van der Waals surface area contributed by atoms with Gasteiger partial charge in [-0.15, -0.1) is 0 Å². The molecule has 0 aliphatic heterocycles. The summed E-state index contributed by atoms with van der Waals surface area (Å²) in [4.78, 5) is 13.8. The topological polar surface area (TPSA) is 70.4 Å². The van der Waals surface area contributed by atoms with E-state index >= 15 is 0 Å². The maximum atomic E-state index is 10.4. The summed E-state index contributed by atoms with van der Waals surface area (Å²) in [5, 5.41) is 17.0. The van der Waals surface area contributed by atoms with Crippen LogP contribution in [0.4, 0.5) is 0 Å². The van der Waals surface area contributed by atoms with Crippen molar-refractivity contribution in [1.29, 1.82) is 0 Å². The Morgan fingerprint density at radius 1 is 1.50 bits per heavy atom. The van der Waals surface area contributed by atoms with Crippen molar-refractivity contribution in [1.82, 2.24) is 4.98 Å². The third kappa shape index (κ3) is 1.60. The van der Waals surface area contributed by atoms with E-state index in [-0.39, 0.29) is 21.6 Å². The van der Waals surface area contributed by atoms with Gasteiger partial charge in [-0.05, 0) is 0 Å². The summed E-state index contributed by atoms with van der Waals surface area (Å²) < 4.78 is 0. The molecule has 2 N–H and O–H groups in total. The van der Waals surface area contributed by atoms with Crippen LogP contribution in [0.25, 0.3) is 0 Å². The first kappa shape index (κ1) is 9.09. The molecule has 1 aromatic rings. The van der Waals surface area contributed by atoms with Gasteiger partial charge in [0.1, 0.15) is 0 Å². The molecule has 0 amide bonds. The van der Waals surface area contributed by atoms with E-state index in [4.69, 9.17) is 33.4 Å². The van der Waals surface area contributed by atoms with Crippen molar-refractivity contribution >= 4 is 29.2 Å². The van der Waals surface area contributed by atoms with Crippen molar-refractivity contribution in [2.45, 2.75) is 0 Å². The Kier molecular flexibility index (Phi) is 2.40. The minimum absolute atomic E-state index is 0.149. The van der Waals surface area contributed by atoms with Crippen LogP contribution in [-0.2, 0) is 0 Å². The Bertz CT molecular complexity index is 340. The second-order valence-electron chi connectivity index (χ2n) is 1.93. The Morgan fingerprint density at radius 3 is 2.58 bits per heavy atom. The minimum Gasteiger partial charge on any atom is -0.505 e. The van der Waals surface area contributed by atoms with Crippen molar-refractivity contribution in [3.05, 3.63) is 21.9 Å². The summed E-state index contributed by atoms with van der Waals surface area (Å²) in [7, 11) is 0. The maximum absolute atomic E-state index is 10.4. The molecule has 0 bridgehead atoms. The lowest BCUT2D eigenvalue weighted by molar-refractivity contribution is 0.0690. The summed E-state index contributed by atoms with van der Waals surface area (Å²) in [6.45, 7) is 0. The Hall–Kier alpha value is -1.00. The van der Waals surface area contributed by atoms with Gasteiger partial charge < -0.3 is 10.2 Å². The van der Waals surface area contributed by atoms with Crippen LogP contribution in [0.5, 0.6) is 5.75 Å². The molecule has 0 fully saturated rings. The zero-order chi connectivity index (χ0) is 9.30. The van der Waals surface area contributed by atoms with Crippen molar-refractivity contribution in [2.75, 3.05) is 0 Å². The maximum Gasteiger partial charge on any atom is 0.356 e. The number of aromatic nitrogens is 1. The highest BCUT2D eigenvalue weighted by Gasteiger charge is 2.13. The van der Waals surface area contributed by atoms with Crippen LogP contribution < -0.4 is 0 Å². The number of halogens is 2. The van der Waals surface area contributed by atoms with E-state index in [1.165, 1.54) is 0 Å². The Balaban J connectivity index is 3.33. The van der Waals surface area contributed by atoms with Gasteiger partial charge in [-0.3, -0.25) is 0 Å². The van der Waals surface area contributed by atoms with Gasteiger partial charge in [0.25, 0.3) is 0 Å². The molecule has 1 aromatic heterocycles. The molecule has 64 valence electrons. The molecule has 12 heavy (non-hydrogen) atoms. The summed E-state index contributed by atoms with van der Waals surface area (Å²) >= 11 is 10.8. The van der Waals surface area contributed by atoms with Gasteiger partial charge in [0.2, 0.25) is 0 Å². The van der Waals surface area contributed by atoms with Crippen LogP contribution in [0.1, 0.15) is 10.5 Å². The molecule has 0 spiro atoms. The minimum atomic E-state index is -1.29. The highest BCUT2D eigenvalue weighted by atomic mass is 35.5. The first-order valence-electron chi connectivity index (χ1n) is 2.80. The Labute approximate surface area is 77.4 Å². The molecule has 0 aliphatic rings. The van der Waals surface area contributed by atoms with Crippen molar-refractivity contribution in [3.8, 4) is 5.75 Å². The van der Waals surface area contributed by atoms with Crippen LogP contribution in [0.3, 0.4) is 0 Å². The zero-order valence-electron chi connectivity index (χ0n) is 5.58. The summed E-state index contributed by atoms with van der Waals surface area (Å²) in [6.07, 6.45) is 0. The number of rotatable bonds is 1. The second-order valence-corrected chi connectivity index (χ2v) is 2.70. The molecule has 0 radical (unpaired) electrons. The van der Waals surface area contributed by atoms with Gasteiger partial charge in [0.05, 0.1) is 5.02 Å². The van der Waals surface area contributed by atoms with Gasteiger partial charge in [0, 0.05) is 6.07 Å². The molecular formula is C6H3Cl2NO3. The van der Waals surface area contributed by atoms with E-state index < -0.39 is 5.97 Å². The van der Waals surface area contributed by atoms with E-state index in [1.807, 2.05) is 0 Å². The summed E-state index contributed by atoms with van der Waals surface area (Å²) in [5.74, 6) is -1.63. The van der Waals surface area contributed by atoms with Crippen molar-refractivity contribution in [2.24, 2.45) is 0 Å². The molecule has 0 aromatic carbocycles. The fourth-order valence-corrected chi connectivity index (χ4v) is 0.972. The fraction of sp³-hybridized carbons (Fsp3) is 0. The van der Waals surface area contributed by atoms with Crippen LogP contribution in [0, 0.1) is 0 Å². The third-order valence-corrected chi connectivity index (χ3v) is 1.68. The zero-order valence-corrected chi connectivity index (χ0v) is 7.10. The molecule has 0 saturated carbocycles. The van der Waals surface area contributed by atoms with Crippen molar-refractivity contribution < 1.29 is 15.0 Å². The predicted molar refractivity (Wildman–Crippen MR) is 42.9 cm³/mol. The van der Waals surface area contributed by atoms with Crippen molar-refractivity contribution in [3.63, 3.8) is 0 Å². The number of aromatic carboxylic acids is 1. The molecule has 1 rings (SSSR count). The standard InChI is InChI=1S/C6H3Cl2NO3/c7-2-1-3(10)5(8)9-4(2)6(11)12/h1,10H,(H,11,12). The highest BCUT2D eigenvalue weighted by molar-refractivity contribution is 6.35. The number of carboxylic acids is 1. The molecule has 0 unspecified atom stereocenters. The van der Waals surface area contributed by atoms with E-state index in [2.05, 4.69) is 4.98 Å². The first-order chi connectivity index (χ1) is 5.52. The summed E-state index contributed by atoms with van der Waals surface area (Å²) in [6, 6.07) is 1.03. The number of hydrogen-bond acceptors (Lipinski definition) is 3. The van der Waals surface area contributed by atoms with Gasteiger partial charge in [-0.1, -0.05) is 23.2 Å². The molecule has 1 heterocycles. The number of nitrogens with zero attached hydrogens (tertiary/aromatic N) is 1. The molecule has 0 saturated heterocycles. The average Bonchev–Trinajstić information content (AvgIpc) is 1.96. The van der Waals surface area contributed by atoms with E-state index in [0.717, 1.165) is 6.07 Å². The highest BCUT2D eigenvalue weighted by Crippen LogP contribution is 2.26.